The second-order valence-electron chi connectivity index (χ2n) is 33.0. The van der Waals surface area contributed by atoms with E-state index in [1.165, 1.54) is 250 Å². The number of phosphoric ester groups is 2. The third-order valence-electron chi connectivity index (χ3n) is 20.7. The summed E-state index contributed by atoms with van der Waals surface area (Å²) in [6.45, 7) is 14.3. The first-order valence-corrected chi connectivity index (χ1v) is 47.7. The number of carbonyl (C=O) groups is 4. The monoisotopic (exact) mass is 1550 g/mol. The third kappa shape index (κ3) is 78.7. The third-order valence-corrected chi connectivity index (χ3v) is 22.6. The lowest BCUT2D eigenvalue weighted by molar-refractivity contribution is -0.161. The maximum atomic E-state index is 13.2. The number of hydrogen-bond donors (Lipinski definition) is 3. The number of hydrogen-bond acceptors (Lipinski definition) is 15. The van der Waals surface area contributed by atoms with E-state index in [-0.39, 0.29) is 25.7 Å². The summed E-state index contributed by atoms with van der Waals surface area (Å²) in [5.74, 6) is 1.06. The van der Waals surface area contributed by atoms with E-state index in [1.54, 1.807) is 0 Å². The normalized spacial score (nSPS) is 14.2. The van der Waals surface area contributed by atoms with Crippen molar-refractivity contribution < 1.29 is 80.2 Å². The molecular formula is C87H170O17P2. The zero-order chi connectivity index (χ0) is 78.1. The fraction of sp³-hybridized carbons (Fsp3) is 0.954. The molecule has 0 aromatic rings. The van der Waals surface area contributed by atoms with E-state index in [2.05, 4.69) is 55.4 Å². The molecule has 0 rings (SSSR count). The molecule has 630 valence electrons. The summed E-state index contributed by atoms with van der Waals surface area (Å²) in [5, 5.41) is 10.7. The van der Waals surface area contributed by atoms with Crippen molar-refractivity contribution in [3.63, 3.8) is 0 Å². The molecule has 0 aromatic heterocycles. The minimum atomic E-state index is -4.97. The molecule has 0 bridgehead atoms. The lowest BCUT2D eigenvalue weighted by Crippen LogP contribution is -2.30. The fourth-order valence-corrected chi connectivity index (χ4v) is 15.0. The molecule has 0 aliphatic heterocycles. The molecule has 106 heavy (non-hydrogen) atoms. The van der Waals surface area contributed by atoms with Crippen molar-refractivity contribution in [2.45, 2.75) is 472 Å². The summed E-state index contributed by atoms with van der Waals surface area (Å²) in [5.41, 5.74) is 0. The maximum Gasteiger partial charge on any atom is 0.472 e. The molecule has 4 unspecified atom stereocenters. The Morgan fingerprint density at radius 3 is 0.670 bits per heavy atom. The molecule has 0 aromatic carbocycles. The molecule has 0 amide bonds. The van der Waals surface area contributed by atoms with Gasteiger partial charge in [0.15, 0.2) is 12.2 Å². The van der Waals surface area contributed by atoms with Gasteiger partial charge in [-0.25, -0.2) is 9.13 Å². The predicted octanol–water partition coefficient (Wildman–Crippen LogP) is 26.3. The number of unbranched alkanes of at least 4 members (excludes halogenated alkanes) is 49. The van der Waals surface area contributed by atoms with Crippen LogP contribution in [0.2, 0.25) is 0 Å². The Balaban J connectivity index is 5.23. The number of phosphoric acid groups is 2. The fourth-order valence-electron chi connectivity index (χ4n) is 13.5. The molecule has 0 saturated heterocycles. The van der Waals surface area contributed by atoms with Crippen LogP contribution in [0, 0.1) is 23.7 Å². The average Bonchev–Trinajstić information content (AvgIpc) is 0.899. The summed E-state index contributed by atoms with van der Waals surface area (Å²) in [6.07, 6.45) is 65.4. The van der Waals surface area contributed by atoms with Crippen molar-refractivity contribution in [3.05, 3.63) is 0 Å². The quantitative estimate of drug-likeness (QED) is 0.0222. The summed E-state index contributed by atoms with van der Waals surface area (Å²) in [7, 11) is -9.93. The Morgan fingerprint density at radius 1 is 0.264 bits per heavy atom. The number of esters is 4. The van der Waals surface area contributed by atoms with Crippen LogP contribution in [0.15, 0.2) is 0 Å². The number of ether oxygens (including phenoxy) is 4. The summed E-state index contributed by atoms with van der Waals surface area (Å²) in [6, 6.07) is 0. The lowest BCUT2D eigenvalue weighted by atomic mass is 9.99. The summed E-state index contributed by atoms with van der Waals surface area (Å²) < 4.78 is 68.9. The van der Waals surface area contributed by atoms with Crippen molar-refractivity contribution in [2.24, 2.45) is 23.7 Å². The number of aliphatic hydroxyl groups is 1. The average molecular weight is 1550 g/mol. The van der Waals surface area contributed by atoms with Crippen LogP contribution in [0.25, 0.3) is 0 Å². The highest BCUT2D eigenvalue weighted by Crippen LogP contribution is 2.45. The van der Waals surface area contributed by atoms with Crippen LogP contribution in [-0.2, 0) is 65.4 Å². The largest absolute Gasteiger partial charge is 0.472 e. The van der Waals surface area contributed by atoms with Gasteiger partial charge in [0.2, 0.25) is 0 Å². The highest BCUT2D eigenvalue weighted by atomic mass is 31.2. The second kappa shape index (κ2) is 75.7. The van der Waals surface area contributed by atoms with E-state index < -0.39 is 97.5 Å². The van der Waals surface area contributed by atoms with E-state index in [0.717, 1.165) is 114 Å². The Bertz CT molecular complexity index is 2060. The first kappa shape index (κ1) is 104. The van der Waals surface area contributed by atoms with Crippen LogP contribution in [0.5, 0.6) is 0 Å². The Kier molecular flexibility index (Phi) is 74.3. The maximum absolute atomic E-state index is 13.2. The minimum Gasteiger partial charge on any atom is -0.462 e. The number of rotatable bonds is 84. The zero-order valence-electron chi connectivity index (χ0n) is 70.1. The standard InChI is InChI=1S/C87H170O17P2/c1-9-80(8)66-58-50-42-34-28-21-17-12-10-11-13-19-23-30-36-44-53-61-69-86(91)103-82(73-97-84(89)67-59-51-43-35-29-22-18-15-14-16-20-26-32-39-47-55-63-77(2)3)75-101-105(93,94)99-71-81(88)72-100-106(95,96)102-76-83(74-98-85(90)68-60-52-46-38-41-49-57-65-79(6)7)104-87(92)70-62-54-45-37-31-25-24-27-33-40-48-56-64-78(4)5/h77-83,88H,9-76H2,1-8H3,(H,93,94)(H,95,96)/t80?,81?,82-,83-/m1/s1. The Morgan fingerprint density at radius 2 is 0.453 bits per heavy atom. The van der Waals surface area contributed by atoms with Gasteiger partial charge >= 0.3 is 39.5 Å². The van der Waals surface area contributed by atoms with Crippen molar-refractivity contribution in [1.29, 1.82) is 0 Å². The van der Waals surface area contributed by atoms with Crippen LogP contribution >= 0.6 is 15.6 Å². The first-order valence-electron chi connectivity index (χ1n) is 44.7. The number of carbonyl (C=O) groups excluding carboxylic acids is 4. The molecule has 0 spiro atoms. The molecule has 17 nitrogen and oxygen atoms in total. The Labute approximate surface area is 651 Å². The van der Waals surface area contributed by atoms with Crippen molar-refractivity contribution in [3.8, 4) is 0 Å². The van der Waals surface area contributed by atoms with Gasteiger partial charge in [-0.05, 0) is 49.4 Å². The number of aliphatic hydroxyl groups excluding tert-OH is 1. The van der Waals surface area contributed by atoms with E-state index in [1.807, 2.05) is 0 Å². The van der Waals surface area contributed by atoms with E-state index in [4.69, 9.17) is 37.0 Å². The van der Waals surface area contributed by atoms with Crippen LogP contribution in [0.4, 0.5) is 0 Å². The summed E-state index contributed by atoms with van der Waals surface area (Å²) in [4.78, 5) is 73.2. The van der Waals surface area contributed by atoms with Crippen LogP contribution in [0.1, 0.15) is 453 Å². The van der Waals surface area contributed by atoms with Crippen LogP contribution < -0.4 is 0 Å². The van der Waals surface area contributed by atoms with Gasteiger partial charge in [-0.15, -0.1) is 0 Å². The van der Waals surface area contributed by atoms with Gasteiger partial charge in [-0.3, -0.25) is 37.3 Å². The SMILES string of the molecule is CCC(C)CCCCCCCCCCCCCCCCCCCCC(=O)O[C@H](COC(=O)CCCCCCCCCCCCCCCCCCC(C)C)COP(=O)(O)OCC(O)COP(=O)(O)OC[C@@H](COC(=O)CCCCCCCCCC(C)C)OC(=O)CCCCCCCCCCCCCCC(C)C. The van der Waals surface area contributed by atoms with E-state index in [0.29, 0.717) is 31.6 Å². The van der Waals surface area contributed by atoms with Crippen LogP contribution in [0.3, 0.4) is 0 Å². The molecule has 6 atom stereocenters. The molecule has 3 N–H and O–H groups in total. The van der Waals surface area contributed by atoms with Crippen LogP contribution in [-0.4, -0.2) is 96.7 Å². The smallest absolute Gasteiger partial charge is 0.462 e. The van der Waals surface area contributed by atoms with Gasteiger partial charge in [0.05, 0.1) is 26.4 Å². The zero-order valence-corrected chi connectivity index (χ0v) is 71.9. The van der Waals surface area contributed by atoms with Gasteiger partial charge in [-0.1, -0.05) is 402 Å². The Hall–Kier alpha value is -1.94. The highest BCUT2D eigenvalue weighted by Gasteiger charge is 2.31. The molecule has 0 radical (unpaired) electrons. The second-order valence-corrected chi connectivity index (χ2v) is 35.9. The van der Waals surface area contributed by atoms with Gasteiger partial charge in [0.1, 0.15) is 19.3 Å². The van der Waals surface area contributed by atoms with Gasteiger partial charge in [0, 0.05) is 25.7 Å². The summed E-state index contributed by atoms with van der Waals surface area (Å²) >= 11 is 0. The molecule has 0 saturated carbocycles. The highest BCUT2D eigenvalue weighted by molar-refractivity contribution is 7.47. The van der Waals surface area contributed by atoms with E-state index >= 15 is 0 Å². The molecular weight excluding hydrogens is 1380 g/mol. The molecule has 0 aliphatic carbocycles. The molecule has 0 fully saturated rings. The van der Waals surface area contributed by atoms with Gasteiger partial charge in [0.25, 0.3) is 0 Å². The molecule has 19 heteroatoms. The lowest BCUT2D eigenvalue weighted by Gasteiger charge is -2.21. The van der Waals surface area contributed by atoms with Crippen molar-refractivity contribution in [2.75, 3.05) is 39.6 Å². The molecule has 0 heterocycles. The first-order chi connectivity index (χ1) is 51.1. The van der Waals surface area contributed by atoms with Crippen molar-refractivity contribution in [1.82, 2.24) is 0 Å². The minimum absolute atomic E-state index is 0.106. The molecule has 0 aliphatic rings. The topological polar surface area (TPSA) is 237 Å². The van der Waals surface area contributed by atoms with Gasteiger partial charge < -0.3 is 33.8 Å². The van der Waals surface area contributed by atoms with Crippen molar-refractivity contribution >= 4 is 39.5 Å². The van der Waals surface area contributed by atoms with E-state index in [9.17, 15) is 43.2 Å². The van der Waals surface area contributed by atoms with Gasteiger partial charge in [-0.2, -0.15) is 0 Å². The predicted molar refractivity (Wildman–Crippen MR) is 437 cm³/mol.